The van der Waals surface area contributed by atoms with Crippen molar-refractivity contribution in [2.24, 2.45) is 0 Å². The Morgan fingerprint density at radius 3 is 2.90 bits per heavy atom. The van der Waals surface area contributed by atoms with E-state index in [2.05, 4.69) is 9.80 Å². The molecule has 0 saturated carbocycles. The van der Waals surface area contributed by atoms with Crippen LogP contribution in [-0.2, 0) is 4.79 Å². The van der Waals surface area contributed by atoms with Crippen LogP contribution in [0.5, 0.6) is 0 Å². The van der Waals surface area contributed by atoms with Gasteiger partial charge in [0, 0.05) is 30.9 Å². The summed E-state index contributed by atoms with van der Waals surface area (Å²) in [5.74, 6) is -1.37. The number of halogens is 1. The molecule has 0 bridgehead atoms. The molecule has 1 aliphatic heterocycles. The highest BCUT2D eigenvalue weighted by Gasteiger charge is 2.25. The normalized spacial score (nSPS) is 18.9. The molecular weight excluding hydrogens is 271 g/mol. The Labute approximate surface area is 124 Å². The zero-order valence-corrected chi connectivity index (χ0v) is 12.4. The van der Waals surface area contributed by atoms with Crippen molar-refractivity contribution in [1.82, 2.24) is 4.90 Å². The number of likely N-dealkylation sites (N-methyl/N-ethyl adjacent to an activating group) is 1. The Balaban J connectivity index is 2.24. The van der Waals surface area contributed by atoms with Gasteiger partial charge < -0.3 is 14.9 Å². The minimum absolute atomic E-state index is 0.340. The van der Waals surface area contributed by atoms with Gasteiger partial charge in [-0.2, -0.15) is 0 Å². The first kappa shape index (κ1) is 15.5. The third-order valence-corrected chi connectivity index (χ3v) is 3.61. The average molecular weight is 292 g/mol. The summed E-state index contributed by atoms with van der Waals surface area (Å²) in [5, 5.41) is 8.67. The predicted molar refractivity (Wildman–Crippen MR) is 82.0 cm³/mol. The zero-order valence-electron chi connectivity index (χ0n) is 12.4. The molecule has 21 heavy (non-hydrogen) atoms. The fourth-order valence-corrected chi connectivity index (χ4v) is 2.81. The lowest BCUT2D eigenvalue weighted by Gasteiger charge is -2.29. The van der Waals surface area contributed by atoms with Crippen molar-refractivity contribution in [3.63, 3.8) is 0 Å². The molecule has 1 aromatic rings. The van der Waals surface area contributed by atoms with Crippen LogP contribution in [0, 0.1) is 5.82 Å². The van der Waals surface area contributed by atoms with Gasteiger partial charge in [-0.3, -0.25) is 0 Å². The van der Waals surface area contributed by atoms with Crippen LogP contribution >= 0.6 is 0 Å². The molecule has 1 aliphatic rings. The van der Waals surface area contributed by atoms with E-state index in [0.29, 0.717) is 11.6 Å². The third-order valence-electron chi connectivity index (χ3n) is 3.61. The summed E-state index contributed by atoms with van der Waals surface area (Å²) in [5.41, 5.74) is 1.40. The lowest BCUT2D eigenvalue weighted by molar-refractivity contribution is -0.131. The molecule has 2 rings (SSSR count). The second-order valence-electron chi connectivity index (χ2n) is 5.67. The van der Waals surface area contributed by atoms with E-state index in [0.717, 1.165) is 37.7 Å². The van der Waals surface area contributed by atoms with Gasteiger partial charge in [-0.15, -0.1) is 0 Å². The number of carbonyl (C=O) groups is 1. The molecule has 0 radical (unpaired) electrons. The van der Waals surface area contributed by atoms with E-state index in [1.165, 1.54) is 18.2 Å². The van der Waals surface area contributed by atoms with Crippen molar-refractivity contribution in [3.8, 4) is 0 Å². The van der Waals surface area contributed by atoms with Crippen LogP contribution in [0.1, 0.15) is 18.4 Å². The predicted octanol–water partition coefficient (Wildman–Crippen LogP) is 2.45. The number of rotatable bonds is 5. The number of carboxylic acids is 1. The molecule has 1 N–H and O–H groups in total. The molecule has 1 unspecified atom stereocenters. The molecule has 0 amide bonds. The van der Waals surface area contributed by atoms with E-state index in [4.69, 9.17) is 5.11 Å². The highest BCUT2D eigenvalue weighted by atomic mass is 19.1. The number of anilines is 1. The summed E-state index contributed by atoms with van der Waals surface area (Å²) in [6, 6.07) is 5.08. The first-order valence-electron chi connectivity index (χ1n) is 7.08. The molecule has 0 spiro atoms. The van der Waals surface area contributed by atoms with Crippen LogP contribution < -0.4 is 4.90 Å². The maximum absolute atomic E-state index is 13.8. The maximum atomic E-state index is 13.8. The first-order valence-corrected chi connectivity index (χ1v) is 7.08. The molecule has 1 saturated heterocycles. The van der Waals surface area contributed by atoms with E-state index in [1.54, 1.807) is 0 Å². The van der Waals surface area contributed by atoms with Crippen molar-refractivity contribution in [1.29, 1.82) is 0 Å². The van der Waals surface area contributed by atoms with E-state index >= 15 is 0 Å². The number of hydrogen-bond acceptors (Lipinski definition) is 3. The minimum atomic E-state index is -1.03. The molecular formula is C16H21FN2O2. The van der Waals surface area contributed by atoms with Gasteiger partial charge in [0.2, 0.25) is 0 Å². The van der Waals surface area contributed by atoms with Crippen molar-refractivity contribution in [3.05, 3.63) is 35.7 Å². The smallest absolute Gasteiger partial charge is 0.328 e. The Kier molecular flexibility index (Phi) is 4.96. The van der Waals surface area contributed by atoms with Crippen LogP contribution in [0.4, 0.5) is 10.1 Å². The fraction of sp³-hybridized carbons (Fsp3) is 0.438. The second kappa shape index (κ2) is 6.72. The highest BCUT2D eigenvalue weighted by Crippen LogP contribution is 2.28. The number of carboxylic acid groups (broad SMARTS) is 1. The Hall–Kier alpha value is -1.88. The van der Waals surface area contributed by atoms with Gasteiger partial charge in [0.05, 0.1) is 0 Å². The number of benzene rings is 1. The number of hydrogen-bond donors (Lipinski definition) is 1. The largest absolute Gasteiger partial charge is 0.478 e. The van der Waals surface area contributed by atoms with Gasteiger partial charge in [0.25, 0.3) is 0 Å². The molecule has 1 aromatic carbocycles. The van der Waals surface area contributed by atoms with Crippen molar-refractivity contribution in [2.75, 3.05) is 32.1 Å². The molecule has 114 valence electrons. The van der Waals surface area contributed by atoms with E-state index in [-0.39, 0.29) is 5.82 Å². The molecule has 1 heterocycles. The van der Waals surface area contributed by atoms with Crippen LogP contribution in [-0.4, -0.2) is 49.2 Å². The topological polar surface area (TPSA) is 43.8 Å². The summed E-state index contributed by atoms with van der Waals surface area (Å²) >= 11 is 0. The molecule has 1 fully saturated rings. The van der Waals surface area contributed by atoms with Gasteiger partial charge in [0.1, 0.15) is 5.82 Å². The van der Waals surface area contributed by atoms with Gasteiger partial charge in [-0.05, 0) is 56.8 Å². The van der Waals surface area contributed by atoms with Crippen LogP contribution in [0.25, 0.3) is 6.08 Å². The number of aliphatic carboxylic acids is 1. The lowest BCUT2D eigenvalue weighted by atomic mass is 10.1. The van der Waals surface area contributed by atoms with Gasteiger partial charge >= 0.3 is 5.97 Å². The first-order chi connectivity index (χ1) is 9.95. The molecule has 0 aliphatic carbocycles. The molecule has 0 aromatic heterocycles. The summed E-state index contributed by atoms with van der Waals surface area (Å²) in [6.07, 6.45) is 4.64. The molecule has 4 nitrogen and oxygen atoms in total. The van der Waals surface area contributed by atoms with Crippen LogP contribution in [0.3, 0.4) is 0 Å². The maximum Gasteiger partial charge on any atom is 0.328 e. The van der Waals surface area contributed by atoms with Crippen molar-refractivity contribution in [2.45, 2.75) is 18.9 Å². The summed E-state index contributed by atoms with van der Waals surface area (Å²) in [6.45, 7) is 1.83. The van der Waals surface area contributed by atoms with Gasteiger partial charge in [-0.25, -0.2) is 9.18 Å². The average Bonchev–Trinajstić information content (AvgIpc) is 2.83. The van der Waals surface area contributed by atoms with Gasteiger partial charge in [0.15, 0.2) is 0 Å². The summed E-state index contributed by atoms with van der Waals surface area (Å²) in [7, 11) is 4.06. The number of nitrogens with zero attached hydrogens (tertiary/aromatic N) is 2. The van der Waals surface area contributed by atoms with E-state index in [1.807, 2.05) is 20.2 Å². The minimum Gasteiger partial charge on any atom is -0.478 e. The molecule has 5 heteroatoms. The quantitative estimate of drug-likeness (QED) is 0.847. The Bertz CT molecular complexity index is 543. The zero-order chi connectivity index (χ0) is 15.4. The third kappa shape index (κ3) is 4.29. The van der Waals surface area contributed by atoms with E-state index < -0.39 is 5.97 Å². The fourth-order valence-electron chi connectivity index (χ4n) is 2.81. The molecule has 1 atom stereocenters. The van der Waals surface area contributed by atoms with Crippen molar-refractivity contribution < 1.29 is 14.3 Å². The standard InChI is InChI=1S/C16H21FN2O2/c1-18(2)11-14-4-3-7-19(14)15-9-12(5-6-16(20)21)8-13(17)10-15/h5-6,8-10,14H,3-4,7,11H2,1-2H3,(H,20,21)/b6-5+. The van der Waals surface area contributed by atoms with Crippen LogP contribution in [0.2, 0.25) is 0 Å². The van der Waals surface area contributed by atoms with Crippen LogP contribution in [0.15, 0.2) is 24.3 Å². The lowest BCUT2D eigenvalue weighted by Crippen LogP contribution is -2.37. The van der Waals surface area contributed by atoms with Crippen molar-refractivity contribution >= 4 is 17.7 Å². The van der Waals surface area contributed by atoms with Gasteiger partial charge in [-0.1, -0.05) is 0 Å². The Morgan fingerprint density at radius 2 is 2.24 bits per heavy atom. The second-order valence-corrected chi connectivity index (χ2v) is 5.67. The van der Waals surface area contributed by atoms with E-state index in [9.17, 15) is 9.18 Å². The SMILES string of the molecule is CN(C)CC1CCCN1c1cc(F)cc(/C=C/C(=O)O)c1. The summed E-state index contributed by atoms with van der Waals surface area (Å²) in [4.78, 5) is 14.9. The Morgan fingerprint density at radius 1 is 1.48 bits per heavy atom. The summed E-state index contributed by atoms with van der Waals surface area (Å²) < 4.78 is 13.8. The highest BCUT2D eigenvalue weighted by molar-refractivity contribution is 5.85. The monoisotopic (exact) mass is 292 g/mol.